The van der Waals surface area contributed by atoms with Gasteiger partial charge in [0.25, 0.3) is 0 Å². The van der Waals surface area contributed by atoms with E-state index >= 15 is 0 Å². The fourth-order valence-corrected chi connectivity index (χ4v) is 3.34. The van der Waals surface area contributed by atoms with E-state index in [0.29, 0.717) is 12.4 Å². The zero-order valence-corrected chi connectivity index (χ0v) is 16.2. The summed E-state index contributed by atoms with van der Waals surface area (Å²) in [6, 6.07) is 13.8. The van der Waals surface area contributed by atoms with E-state index in [2.05, 4.69) is 15.3 Å². The summed E-state index contributed by atoms with van der Waals surface area (Å²) in [5.41, 5.74) is 2.78. The van der Waals surface area contributed by atoms with Gasteiger partial charge in [-0.2, -0.15) is 0 Å². The third kappa shape index (κ3) is 3.74. The second kappa shape index (κ2) is 8.05. The highest BCUT2D eigenvalue weighted by molar-refractivity contribution is 14.0. The highest BCUT2D eigenvalue weighted by atomic mass is 127. The third-order valence-electron chi connectivity index (χ3n) is 4.63. The number of hydrogen-bond acceptors (Lipinski definition) is 4. The number of aromatic nitrogens is 3. The van der Waals surface area contributed by atoms with E-state index in [4.69, 9.17) is 0 Å². The van der Waals surface area contributed by atoms with Crippen molar-refractivity contribution in [2.24, 2.45) is 5.92 Å². The Balaban J connectivity index is 0.00000182. The summed E-state index contributed by atoms with van der Waals surface area (Å²) in [5.74, 6) is 0.780. The first-order valence-electron chi connectivity index (χ1n) is 8.43. The van der Waals surface area contributed by atoms with Gasteiger partial charge in [0.05, 0.1) is 23.3 Å². The summed E-state index contributed by atoms with van der Waals surface area (Å²) >= 11 is 0. The summed E-state index contributed by atoms with van der Waals surface area (Å²) in [5, 5.41) is 3.31. The van der Waals surface area contributed by atoms with Crippen molar-refractivity contribution in [1.29, 1.82) is 0 Å². The van der Waals surface area contributed by atoms with E-state index < -0.39 is 0 Å². The molecule has 130 valence electrons. The lowest BCUT2D eigenvalue weighted by Gasteiger charge is -2.21. The molecule has 0 bridgehead atoms. The van der Waals surface area contributed by atoms with Gasteiger partial charge in [-0.3, -0.25) is 9.78 Å². The van der Waals surface area contributed by atoms with E-state index in [-0.39, 0.29) is 35.7 Å². The number of piperidine rings is 1. The fourth-order valence-electron chi connectivity index (χ4n) is 3.34. The molecule has 0 spiro atoms. The monoisotopic (exact) mass is 448 g/mol. The molecule has 0 unspecified atom stereocenters. The zero-order chi connectivity index (χ0) is 16.4. The second-order valence-electron chi connectivity index (χ2n) is 6.22. The second-order valence-corrected chi connectivity index (χ2v) is 6.22. The van der Waals surface area contributed by atoms with E-state index in [0.717, 1.165) is 42.7 Å². The Bertz CT molecular complexity index is 856. The predicted octanol–water partition coefficient (Wildman–Crippen LogP) is 3.28. The number of hydrogen-bond donors (Lipinski definition) is 1. The Morgan fingerprint density at radius 2 is 1.88 bits per heavy atom. The number of nitrogens with one attached hydrogen (secondary N) is 1. The van der Waals surface area contributed by atoms with Crippen molar-refractivity contribution < 1.29 is 4.79 Å². The molecule has 2 aromatic heterocycles. The largest absolute Gasteiger partial charge is 0.317 e. The van der Waals surface area contributed by atoms with Crippen molar-refractivity contribution in [1.82, 2.24) is 19.9 Å². The van der Waals surface area contributed by atoms with Crippen molar-refractivity contribution in [3.05, 3.63) is 60.2 Å². The van der Waals surface area contributed by atoms with Crippen LogP contribution in [0, 0.1) is 5.92 Å². The Kier molecular flexibility index (Phi) is 5.80. The average molecular weight is 448 g/mol. The van der Waals surface area contributed by atoms with E-state index in [1.807, 2.05) is 47.0 Å². The summed E-state index contributed by atoms with van der Waals surface area (Å²) in [7, 11) is 0. The number of imidazole rings is 1. The molecule has 1 aromatic carbocycles. The van der Waals surface area contributed by atoms with Crippen LogP contribution in [-0.2, 0) is 6.54 Å². The smallest absolute Gasteiger partial charge is 0.201 e. The van der Waals surface area contributed by atoms with Crippen LogP contribution in [0.2, 0.25) is 0 Å². The van der Waals surface area contributed by atoms with Gasteiger partial charge in [0.15, 0.2) is 5.82 Å². The number of carbonyl (C=O) groups is 1. The quantitative estimate of drug-likeness (QED) is 0.492. The van der Waals surface area contributed by atoms with E-state index in [9.17, 15) is 4.79 Å². The van der Waals surface area contributed by atoms with Crippen LogP contribution in [-0.4, -0.2) is 33.4 Å². The lowest BCUT2D eigenvalue weighted by Crippen LogP contribution is -2.33. The molecule has 4 rings (SSSR count). The van der Waals surface area contributed by atoms with Crippen molar-refractivity contribution in [2.45, 2.75) is 19.4 Å². The molecule has 6 heteroatoms. The van der Waals surface area contributed by atoms with Gasteiger partial charge in [-0.1, -0.05) is 18.2 Å². The number of Topliss-reactive ketones (excluding diaryl/α,β-unsaturated/α-hetero) is 1. The van der Waals surface area contributed by atoms with E-state index in [1.165, 1.54) is 0 Å². The first-order chi connectivity index (χ1) is 11.8. The summed E-state index contributed by atoms with van der Waals surface area (Å²) in [4.78, 5) is 22.1. The molecule has 0 saturated carbocycles. The minimum Gasteiger partial charge on any atom is -0.317 e. The van der Waals surface area contributed by atoms with E-state index in [1.54, 1.807) is 6.20 Å². The lowest BCUT2D eigenvalue weighted by molar-refractivity contribution is 0.0880. The Morgan fingerprint density at radius 1 is 1.12 bits per heavy atom. The van der Waals surface area contributed by atoms with Crippen molar-refractivity contribution in [3.8, 4) is 0 Å². The van der Waals surface area contributed by atoms with Crippen LogP contribution in [0.5, 0.6) is 0 Å². The molecule has 1 saturated heterocycles. The number of benzene rings is 1. The first-order valence-corrected chi connectivity index (χ1v) is 8.43. The maximum Gasteiger partial charge on any atom is 0.201 e. The van der Waals surface area contributed by atoms with Crippen LogP contribution >= 0.6 is 24.0 Å². The topological polar surface area (TPSA) is 59.8 Å². The van der Waals surface area contributed by atoms with Gasteiger partial charge in [-0.25, -0.2) is 4.98 Å². The molecule has 0 atom stereocenters. The third-order valence-corrected chi connectivity index (χ3v) is 4.63. The number of halogens is 1. The molecule has 1 aliphatic rings. The summed E-state index contributed by atoms with van der Waals surface area (Å²) < 4.78 is 2.02. The SMILES string of the molecule is I.O=C(c1nc2ccccc2n1Cc1ccccn1)C1CCNCC1. The van der Waals surface area contributed by atoms with Crippen LogP contribution in [0.3, 0.4) is 0 Å². The van der Waals surface area contributed by atoms with Crippen LogP contribution in [0.4, 0.5) is 0 Å². The van der Waals surface area contributed by atoms with Crippen LogP contribution in [0.25, 0.3) is 11.0 Å². The van der Waals surface area contributed by atoms with Gasteiger partial charge < -0.3 is 9.88 Å². The molecule has 5 nitrogen and oxygen atoms in total. The minimum atomic E-state index is 0. The Morgan fingerprint density at radius 3 is 2.64 bits per heavy atom. The molecule has 1 fully saturated rings. The van der Waals surface area contributed by atoms with Gasteiger partial charge in [0, 0.05) is 12.1 Å². The maximum absolute atomic E-state index is 13.0. The molecule has 1 aliphatic heterocycles. The molecule has 0 radical (unpaired) electrons. The first kappa shape index (κ1) is 18.0. The number of para-hydroxylation sites is 2. The highest BCUT2D eigenvalue weighted by Crippen LogP contribution is 2.23. The Labute approximate surface area is 163 Å². The van der Waals surface area contributed by atoms with Crippen molar-refractivity contribution >= 4 is 40.8 Å². The normalized spacial score (nSPS) is 15.0. The molecule has 0 amide bonds. The number of nitrogens with zero attached hydrogens (tertiary/aromatic N) is 3. The van der Waals surface area contributed by atoms with Gasteiger partial charge in [0.1, 0.15) is 0 Å². The lowest BCUT2D eigenvalue weighted by atomic mass is 9.93. The molecule has 0 aliphatic carbocycles. The van der Waals surface area contributed by atoms with Gasteiger partial charge in [-0.15, -0.1) is 24.0 Å². The number of rotatable bonds is 4. The molecule has 3 aromatic rings. The zero-order valence-electron chi connectivity index (χ0n) is 13.9. The van der Waals surface area contributed by atoms with Crippen molar-refractivity contribution in [2.75, 3.05) is 13.1 Å². The van der Waals surface area contributed by atoms with Crippen LogP contribution < -0.4 is 5.32 Å². The van der Waals surface area contributed by atoms with Crippen molar-refractivity contribution in [3.63, 3.8) is 0 Å². The number of ketones is 1. The predicted molar refractivity (Wildman–Crippen MR) is 108 cm³/mol. The maximum atomic E-state index is 13.0. The molecule has 3 heterocycles. The fraction of sp³-hybridized carbons (Fsp3) is 0.316. The molecular weight excluding hydrogens is 427 g/mol. The van der Waals surface area contributed by atoms with Gasteiger partial charge in [0.2, 0.25) is 5.78 Å². The van der Waals surface area contributed by atoms with Crippen LogP contribution in [0.1, 0.15) is 29.2 Å². The molecule has 25 heavy (non-hydrogen) atoms. The number of carbonyl (C=O) groups excluding carboxylic acids is 1. The van der Waals surface area contributed by atoms with Crippen LogP contribution in [0.15, 0.2) is 48.7 Å². The highest BCUT2D eigenvalue weighted by Gasteiger charge is 2.27. The van der Waals surface area contributed by atoms with Gasteiger partial charge in [-0.05, 0) is 50.2 Å². The average Bonchev–Trinajstić information content (AvgIpc) is 3.01. The number of pyridine rings is 1. The molecule has 1 N–H and O–H groups in total. The van der Waals surface area contributed by atoms with Gasteiger partial charge >= 0.3 is 0 Å². The Hall–Kier alpha value is -1.80. The minimum absolute atomic E-state index is 0. The molecular formula is C19H21IN4O. The standard InChI is InChI=1S/C19H20N4O.HI/c24-18(14-8-11-20-12-9-14)19-22-16-6-1-2-7-17(16)23(19)13-15-5-3-4-10-21-15;/h1-7,10,14,20H,8-9,11-13H2;1H. The summed E-state index contributed by atoms with van der Waals surface area (Å²) in [6.45, 7) is 2.36. The summed E-state index contributed by atoms with van der Waals surface area (Å²) in [6.07, 6.45) is 3.54. The number of fused-ring (bicyclic) bond motifs is 1.